The number of carboxylic acids is 1. The van der Waals surface area contributed by atoms with Gasteiger partial charge in [-0.15, -0.1) is 0 Å². The minimum atomic E-state index is -0.918. The van der Waals surface area contributed by atoms with Gasteiger partial charge >= 0.3 is 5.97 Å². The van der Waals surface area contributed by atoms with Crippen molar-refractivity contribution in [2.75, 3.05) is 18.0 Å². The molecule has 0 saturated carbocycles. The second-order valence-electron chi connectivity index (χ2n) is 5.04. The van der Waals surface area contributed by atoms with Crippen molar-refractivity contribution in [3.05, 3.63) is 29.3 Å². The summed E-state index contributed by atoms with van der Waals surface area (Å²) < 4.78 is 0. The first-order valence-corrected chi connectivity index (χ1v) is 6.38. The van der Waals surface area contributed by atoms with Gasteiger partial charge in [0.15, 0.2) is 0 Å². The first kappa shape index (κ1) is 13.4. The van der Waals surface area contributed by atoms with Gasteiger partial charge in [-0.25, -0.2) is 4.79 Å². The molecule has 0 atom stereocenters. The fourth-order valence-electron chi connectivity index (χ4n) is 2.31. The summed E-state index contributed by atoms with van der Waals surface area (Å²) in [4.78, 5) is 24.6. The van der Waals surface area contributed by atoms with Crippen LogP contribution in [0.4, 0.5) is 5.69 Å². The Kier molecular flexibility index (Phi) is 3.74. The van der Waals surface area contributed by atoms with E-state index < -0.39 is 5.97 Å². The SMILES string of the molecule is CC(C)NC(=O)CN1CCc2cc(C(=O)O)ccc21. The lowest BCUT2D eigenvalue weighted by atomic mass is 10.1. The molecule has 2 N–H and O–H groups in total. The van der Waals surface area contributed by atoms with Crippen LogP contribution in [0.15, 0.2) is 18.2 Å². The molecule has 5 heteroatoms. The Morgan fingerprint density at radius 2 is 2.16 bits per heavy atom. The average Bonchev–Trinajstić information content (AvgIpc) is 2.70. The number of hydrogen-bond acceptors (Lipinski definition) is 3. The van der Waals surface area contributed by atoms with Crippen molar-refractivity contribution in [1.82, 2.24) is 5.32 Å². The van der Waals surface area contributed by atoms with Gasteiger partial charge in [0.1, 0.15) is 0 Å². The number of anilines is 1. The number of hydrogen-bond donors (Lipinski definition) is 2. The third-order valence-electron chi connectivity index (χ3n) is 3.10. The molecule has 1 aliphatic heterocycles. The van der Waals surface area contributed by atoms with Gasteiger partial charge in [0, 0.05) is 18.3 Å². The van der Waals surface area contributed by atoms with E-state index in [1.165, 1.54) is 0 Å². The Hall–Kier alpha value is -2.04. The molecule has 1 aromatic rings. The van der Waals surface area contributed by atoms with Gasteiger partial charge in [-0.2, -0.15) is 0 Å². The number of fused-ring (bicyclic) bond motifs is 1. The minimum Gasteiger partial charge on any atom is -0.478 e. The number of carbonyl (C=O) groups is 2. The number of amides is 1. The largest absolute Gasteiger partial charge is 0.478 e. The topological polar surface area (TPSA) is 69.6 Å². The highest BCUT2D eigenvalue weighted by molar-refractivity contribution is 5.89. The highest BCUT2D eigenvalue weighted by atomic mass is 16.4. The molecule has 0 fully saturated rings. The van der Waals surface area contributed by atoms with Crippen LogP contribution in [0, 0.1) is 0 Å². The van der Waals surface area contributed by atoms with E-state index in [0.717, 1.165) is 24.2 Å². The second kappa shape index (κ2) is 5.30. The van der Waals surface area contributed by atoms with Crippen molar-refractivity contribution < 1.29 is 14.7 Å². The summed E-state index contributed by atoms with van der Waals surface area (Å²) in [6.07, 6.45) is 0.783. The van der Waals surface area contributed by atoms with E-state index >= 15 is 0 Å². The van der Waals surface area contributed by atoms with Crippen LogP contribution in [-0.2, 0) is 11.2 Å². The zero-order valence-electron chi connectivity index (χ0n) is 11.1. The van der Waals surface area contributed by atoms with E-state index in [9.17, 15) is 9.59 Å². The van der Waals surface area contributed by atoms with Crippen LogP contribution in [0.2, 0.25) is 0 Å². The summed E-state index contributed by atoms with van der Waals surface area (Å²) in [5.74, 6) is -0.927. The van der Waals surface area contributed by atoms with Gasteiger partial charge < -0.3 is 15.3 Å². The van der Waals surface area contributed by atoms with Crippen LogP contribution in [0.25, 0.3) is 0 Å². The third kappa shape index (κ3) is 3.05. The number of nitrogens with zero attached hydrogens (tertiary/aromatic N) is 1. The molecule has 0 unspecified atom stereocenters. The van der Waals surface area contributed by atoms with Crippen LogP contribution in [0.5, 0.6) is 0 Å². The fraction of sp³-hybridized carbons (Fsp3) is 0.429. The quantitative estimate of drug-likeness (QED) is 0.857. The number of carboxylic acid groups (broad SMARTS) is 1. The first-order valence-electron chi connectivity index (χ1n) is 6.38. The van der Waals surface area contributed by atoms with E-state index in [0.29, 0.717) is 12.1 Å². The lowest BCUT2D eigenvalue weighted by Crippen LogP contribution is -2.39. The van der Waals surface area contributed by atoms with Crippen LogP contribution in [0.3, 0.4) is 0 Å². The highest BCUT2D eigenvalue weighted by Crippen LogP contribution is 2.28. The standard InChI is InChI=1S/C14H18N2O3/c1-9(2)15-13(17)8-16-6-5-10-7-11(14(18)19)3-4-12(10)16/h3-4,7,9H,5-6,8H2,1-2H3,(H,15,17)(H,18,19). The Balaban J connectivity index is 2.10. The average molecular weight is 262 g/mol. The summed E-state index contributed by atoms with van der Waals surface area (Å²) >= 11 is 0. The molecule has 102 valence electrons. The van der Waals surface area contributed by atoms with Crippen molar-refractivity contribution in [2.45, 2.75) is 26.3 Å². The van der Waals surface area contributed by atoms with E-state index in [2.05, 4.69) is 5.32 Å². The summed E-state index contributed by atoms with van der Waals surface area (Å²) in [6, 6.07) is 5.19. The molecule has 0 bridgehead atoms. The van der Waals surface area contributed by atoms with Gasteiger partial charge in [-0.1, -0.05) is 0 Å². The van der Waals surface area contributed by atoms with Gasteiger partial charge in [0.2, 0.25) is 5.91 Å². The number of benzene rings is 1. The van der Waals surface area contributed by atoms with E-state index in [4.69, 9.17) is 5.11 Å². The molecule has 1 aliphatic rings. The lowest BCUT2D eigenvalue weighted by molar-refractivity contribution is -0.120. The predicted molar refractivity (Wildman–Crippen MR) is 72.6 cm³/mol. The van der Waals surface area contributed by atoms with Crippen LogP contribution >= 0.6 is 0 Å². The molecule has 1 amide bonds. The van der Waals surface area contributed by atoms with E-state index in [-0.39, 0.29) is 11.9 Å². The zero-order chi connectivity index (χ0) is 14.0. The molecule has 2 rings (SSSR count). The maximum absolute atomic E-state index is 11.7. The molecule has 0 saturated heterocycles. The molecule has 1 heterocycles. The monoisotopic (exact) mass is 262 g/mol. The van der Waals surface area contributed by atoms with E-state index in [1.54, 1.807) is 18.2 Å². The molecule has 1 aromatic carbocycles. The number of carbonyl (C=O) groups excluding carboxylic acids is 1. The van der Waals surface area contributed by atoms with Crippen molar-refractivity contribution >= 4 is 17.6 Å². The Morgan fingerprint density at radius 1 is 1.42 bits per heavy atom. The Morgan fingerprint density at radius 3 is 2.79 bits per heavy atom. The van der Waals surface area contributed by atoms with Crippen molar-refractivity contribution in [1.29, 1.82) is 0 Å². The van der Waals surface area contributed by atoms with Crippen molar-refractivity contribution in [3.63, 3.8) is 0 Å². The molecular weight excluding hydrogens is 244 g/mol. The van der Waals surface area contributed by atoms with Crippen LogP contribution in [-0.4, -0.2) is 36.1 Å². The fourth-order valence-corrected chi connectivity index (χ4v) is 2.31. The summed E-state index contributed by atoms with van der Waals surface area (Å²) in [5.41, 5.74) is 2.26. The summed E-state index contributed by atoms with van der Waals surface area (Å²) in [7, 11) is 0. The number of aromatic carboxylic acids is 1. The smallest absolute Gasteiger partial charge is 0.335 e. The minimum absolute atomic E-state index is 0.00911. The molecule has 0 aliphatic carbocycles. The van der Waals surface area contributed by atoms with Crippen LogP contribution < -0.4 is 10.2 Å². The van der Waals surface area contributed by atoms with Gasteiger partial charge in [0.25, 0.3) is 0 Å². The second-order valence-corrected chi connectivity index (χ2v) is 5.04. The summed E-state index contributed by atoms with van der Waals surface area (Å²) in [6.45, 7) is 4.92. The van der Waals surface area contributed by atoms with Crippen molar-refractivity contribution in [2.24, 2.45) is 0 Å². The van der Waals surface area contributed by atoms with E-state index in [1.807, 2.05) is 18.7 Å². The molecule has 5 nitrogen and oxygen atoms in total. The molecule has 19 heavy (non-hydrogen) atoms. The Labute approximate surface area is 112 Å². The third-order valence-corrected chi connectivity index (χ3v) is 3.10. The highest BCUT2D eigenvalue weighted by Gasteiger charge is 2.22. The zero-order valence-corrected chi connectivity index (χ0v) is 11.1. The van der Waals surface area contributed by atoms with Crippen LogP contribution in [0.1, 0.15) is 29.8 Å². The van der Waals surface area contributed by atoms with Gasteiger partial charge in [0.05, 0.1) is 12.1 Å². The molecule has 0 radical (unpaired) electrons. The maximum Gasteiger partial charge on any atom is 0.335 e. The lowest BCUT2D eigenvalue weighted by Gasteiger charge is -2.19. The van der Waals surface area contributed by atoms with Gasteiger partial charge in [-0.3, -0.25) is 4.79 Å². The van der Waals surface area contributed by atoms with Gasteiger partial charge in [-0.05, 0) is 44.0 Å². The summed E-state index contributed by atoms with van der Waals surface area (Å²) in [5, 5.41) is 11.8. The molecular formula is C14H18N2O3. The normalized spacial score (nSPS) is 13.5. The first-order chi connectivity index (χ1) is 8.97. The Bertz CT molecular complexity index is 511. The maximum atomic E-state index is 11.7. The number of nitrogens with one attached hydrogen (secondary N) is 1. The molecule has 0 aromatic heterocycles. The van der Waals surface area contributed by atoms with Crippen molar-refractivity contribution in [3.8, 4) is 0 Å². The number of rotatable bonds is 4. The molecule has 0 spiro atoms. The predicted octanol–water partition coefficient (Wildman–Crippen LogP) is 1.27.